The highest BCUT2D eigenvalue weighted by Gasteiger charge is 2.16. The second-order valence-electron chi connectivity index (χ2n) is 3.15. The number of nitrogens with two attached hydrogens (primary N) is 1. The van der Waals surface area contributed by atoms with Crippen molar-refractivity contribution in [2.45, 2.75) is 20.8 Å². The zero-order valence-corrected chi connectivity index (χ0v) is 6.81. The van der Waals surface area contributed by atoms with E-state index in [2.05, 4.69) is 0 Å². The lowest BCUT2D eigenvalue weighted by Crippen LogP contribution is -2.29. The van der Waals surface area contributed by atoms with Gasteiger partial charge in [-0.1, -0.05) is 13.8 Å². The van der Waals surface area contributed by atoms with Gasteiger partial charge in [0.05, 0.1) is 6.61 Å². The predicted octanol–water partition coefficient (Wildman–Crippen LogP) is 0.534. The van der Waals surface area contributed by atoms with Gasteiger partial charge in [0, 0.05) is 18.9 Å². The molecule has 10 heavy (non-hydrogen) atoms. The molecule has 0 unspecified atom stereocenters. The maximum absolute atomic E-state index is 10.3. The number of ether oxygens (including phenoxy) is 1. The summed E-state index contributed by atoms with van der Waals surface area (Å²) in [6.07, 6.45) is 0. The van der Waals surface area contributed by atoms with Crippen LogP contribution in [0, 0.1) is 5.41 Å². The van der Waals surface area contributed by atoms with E-state index < -0.39 is 0 Å². The average Bonchev–Trinajstić information content (AvgIpc) is 1.85. The molecule has 0 fully saturated rings. The molecule has 0 heterocycles. The van der Waals surface area contributed by atoms with Crippen LogP contribution in [0.5, 0.6) is 0 Å². The molecule has 0 bridgehead atoms. The Morgan fingerprint density at radius 1 is 1.60 bits per heavy atom. The summed E-state index contributed by atoms with van der Waals surface area (Å²) in [6, 6.07) is 0. The van der Waals surface area contributed by atoms with E-state index in [4.69, 9.17) is 10.5 Å². The van der Waals surface area contributed by atoms with Crippen LogP contribution in [0.4, 0.5) is 0 Å². The highest BCUT2D eigenvalue weighted by molar-refractivity contribution is 5.65. The van der Waals surface area contributed by atoms with Gasteiger partial charge in [0.2, 0.25) is 0 Å². The summed E-state index contributed by atoms with van der Waals surface area (Å²) in [5.41, 5.74) is 5.31. The molecule has 0 atom stereocenters. The van der Waals surface area contributed by atoms with E-state index in [9.17, 15) is 4.79 Å². The highest BCUT2D eigenvalue weighted by atomic mass is 16.5. The molecule has 0 radical (unpaired) electrons. The zero-order chi connectivity index (χ0) is 8.20. The number of carbonyl (C=O) groups excluding carboxylic acids is 1. The summed E-state index contributed by atoms with van der Waals surface area (Å²) in [4.78, 5) is 10.3. The summed E-state index contributed by atoms with van der Waals surface area (Å²) in [7, 11) is 0. The molecule has 0 spiro atoms. The topological polar surface area (TPSA) is 52.3 Å². The molecule has 60 valence electrons. The van der Waals surface area contributed by atoms with Crippen molar-refractivity contribution in [2.24, 2.45) is 11.1 Å². The van der Waals surface area contributed by atoms with E-state index in [1.54, 1.807) is 0 Å². The number of hydrogen-bond acceptors (Lipinski definition) is 3. The smallest absolute Gasteiger partial charge is 0.302 e. The Bertz CT molecular complexity index is 121. The number of hydrogen-bond donors (Lipinski definition) is 1. The van der Waals surface area contributed by atoms with Gasteiger partial charge in [-0.15, -0.1) is 0 Å². The first-order chi connectivity index (χ1) is 4.48. The third-order valence-electron chi connectivity index (χ3n) is 1.22. The highest BCUT2D eigenvalue weighted by Crippen LogP contribution is 2.12. The Balaban J connectivity index is 3.56. The second kappa shape index (κ2) is 3.56. The maximum atomic E-state index is 10.3. The van der Waals surface area contributed by atoms with Crippen LogP contribution in [0.3, 0.4) is 0 Å². The van der Waals surface area contributed by atoms with E-state index in [0.29, 0.717) is 13.2 Å². The van der Waals surface area contributed by atoms with Gasteiger partial charge in [-0.25, -0.2) is 0 Å². The van der Waals surface area contributed by atoms with E-state index in [0.717, 1.165) is 0 Å². The SMILES string of the molecule is CC(=O)OCC(C)(C)CN. The van der Waals surface area contributed by atoms with Gasteiger partial charge in [-0.3, -0.25) is 4.79 Å². The number of rotatable bonds is 3. The standard InChI is InChI=1S/C7H15NO2/c1-6(9)10-5-7(2,3)4-8/h4-5,8H2,1-3H3. The Hall–Kier alpha value is -0.570. The van der Waals surface area contributed by atoms with Crippen molar-refractivity contribution in [2.75, 3.05) is 13.2 Å². The van der Waals surface area contributed by atoms with E-state index >= 15 is 0 Å². The Morgan fingerprint density at radius 2 is 2.10 bits per heavy atom. The van der Waals surface area contributed by atoms with Crippen LogP contribution in [-0.2, 0) is 9.53 Å². The van der Waals surface area contributed by atoms with Crippen molar-refractivity contribution in [3.8, 4) is 0 Å². The fourth-order valence-corrected chi connectivity index (χ4v) is 0.356. The lowest BCUT2D eigenvalue weighted by atomic mass is 9.95. The van der Waals surface area contributed by atoms with Gasteiger partial charge < -0.3 is 10.5 Å². The molecule has 0 aliphatic rings. The van der Waals surface area contributed by atoms with E-state index in [1.807, 2.05) is 13.8 Å². The molecule has 0 aliphatic heterocycles. The third-order valence-corrected chi connectivity index (χ3v) is 1.22. The lowest BCUT2D eigenvalue weighted by Gasteiger charge is -2.20. The molecule has 3 nitrogen and oxygen atoms in total. The number of esters is 1. The molecule has 2 N–H and O–H groups in total. The normalized spacial score (nSPS) is 11.2. The third kappa shape index (κ3) is 4.32. The molecule has 0 saturated carbocycles. The average molecular weight is 145 g/mol. The van der Waals surface area contributed by atoms with Gasteiger partial charge in [-0.2, -0.15) is 0 Å². The van der Waals surface area contributed by atoms with Crippen molar-refractivity contribution in [3.63, 3.8) is 0 Å². The fraction of sp³-hybridized carbons (Fsp3) is 0.857. The minimum absolute atomic E-state index is 0.0916. The quantitative estimate of drug-likeness (QED) is 0.589. The maximum Gasteiger partial charge on any atom is 0.302 e. The predicted molar refractivity (Wildman–Crippen MR) is 39.5 cm³/mol. The largest absolute Gasteiger partial charge is 0.465 e. The van der Waals surface area contributed by atoms with E-state index in [-0.39, 0.29) is 11.4 Å². The fourth-order valence-electron chi connectivity index (χ4n) is 0.356. The van der Waals surface area contributed by atoms with Gasteiger partial charge in [0.1, 0.15) is 0 Å². The van der Waals surface area contributed by atoms with Crippen molar-refractivity contribution in [1.29, 1.82) is 0 Å². The molecule has 0 aliphatic carbocycles. The molecule has 0 amide bonds. The molecular formula is C7H15NO2. The van der Waals surface area contributed by atoms with Crippen molar-refractivity contribution < 1.29 is 9.53 Å². The van der Waals surface area contributed by atoms with Crippen LogP contribution in [0.2, 0.25) is 0 Å². The van der Waals surface area contributed by atoms with Crippen molar-refractivity contribution in [1.82, 2.24) is 0 Å². The summed E-state index contributed by atoms with van der Waals surface area (Å²) in [5.74, 6) is -0.249. The molecule has 0 aromatic rings. The van der Waals surface area contributed by atoms with Crippen LogP contribution in [0.25, 0.3) is 0 Å². The van der Waals surface area contributed by atoms with Crippen LogP contribution < -0.4 is 5.73 Å². The summed E-state index contributed by atoms with van der Waals surface area (Å²) < 4.78 is 4.78. The van der Waals surface area contributed by atoms with Gasteiger partial charge >= 0.3 is 5.97 Å². The molecule has 0 saturated heterocycles. The molecular weight excluding hydrogens is 130 g/mol. The summed E-state index contributed by atoms with van der Waals surface area (Å²) >= 11 is 0. The Labute approximate surface area is 61.5 Å². The monoisotopic (exact) mass is 145 g/mol. The first-order valence-corrected chi connectivity index (χ1v) is 3.31. The van der Waals surface area contributed by atoms with Crippen LogP contribution in [0.1, 0.15) is 20.8 Å². The van der Waals surface area contributed by atoms with Crippen molar-refractivity contribution in [3.05, 3.63) is 0 Å². The minimum Gasteiger partial charge on any atom is -0.465 e. The van der Waals surface area contributed by atoms with Gasteiger partial charge in [-0.05, 0) is 0 Å². The van der Waals surface area contributed by atoms with Crippen LogP contribution in [0.15, 0.2) is 0 Å². The summed E-state index contributed by atoms with van der Waals surface area (Å²) in [5, 5.41) is 0. The first kappa shape index (κ1) is 9.43. The Kier molecular flexibility index (Phi) is 3.36. The lowest BCUT2D eigenvalue weighted by molar-refractivity contribution is -0.143. The van der Waals surface area contributed by atoms with Gasteiger partial charge in [0.15, 0.2) is 0 Å². The van der Waals surface area contributed by atoms with Crippen molar-refractivity contribution >= 4 is 5.97 Å². The minimum atomic E-state index is -0.249. The molecule has 3 heteroatoms. The number of carbonyl (C=O) groups is 1. The molecule has 0 aromatic heterocycles. The Morgan fingerprint density at radius 3 is 2.40 bits per heavy atom. The van der Waals surface area contributed by atoms with Gasteiger partial charge in [0.25, 0.3) is 0 Å². The van der Waals surface area contributed by atoms with Crippen LogP contribution in [-0.4, -0.2) is 19.1 Å². The van der Waals surface area contributed by atoms with E-state index in [1.165, 1.54) is 6.92 Å². The molecule has 0 rings (SSSR count). The second-order valence-corrected chi connectivity index (χ2v) is 3.15. The van der Waals surface area contributed by atoms with Crippen LogP contribution >= 0.6 is 0 Å². The zero-order valence-electron chi connectivity index (χ0n) is 6.81. The molecule has 0 aromatic carbocycles. The first-order valence-electron chi connectivity index (χ1n) is 3.31. The summed E-state index contributed by atoms with van der Waals surface area (Å²) in [6.45, 7) is 6.23.